The van der Waals surface area contributed by atoms with Crippen molar-refractivity contribution in [1.82, 2.24) is 5.32 Å². The maximum absolute atomic E-state index is 12.4. The van der Waals surface area contributed by atoms with Crippen molar-refractivity contribution in [2.45, 2.75) is 25.4 Å². The highest BCUT2D eigenvalue weighted by Crippen LogP contribution is 2.17. The number of nitrogens with one attached hydrogen (secondary N) is 1. The van der Waals surface area contributed by atoms with E-state index in [0.717, 1.165) is 11.1 Å². The largest absolute Gasteiger partial charge is 0.348 e. The summed E-state index contributed by atoms with van der Waals surface area (Å²) in [6.07, 6.45) is 0.526. The molecule has 0 aliphatic heterocycles. The zero-order chi connectivity index (χ0) is 16.9. The lowest BCUT2D eigenvalue weighted by Crippen LogP contribution is -2.42. The molecule has 1 amide bonds. The van der Waals surface area contributed by atoms with Crippen LogP contribution in [0.15, 0.2) is 72.8 Å². The molecule has 0 spiro atoms. The first kappa shape index (κ1) is 16.2. The topological polar surface area (TPSA) is 55.1 Å². The van der Waals surface area contributed by atoms with Gasteiger partial charge in [-0.2, -0.15) is 0 Å². The van der Waals surface area contributed by atoms with E-state index >= 15 is 0 Å². The molecule has 0 heterocycles. The van der Waals surface area contributed by atoms with Gasteiger partial charge in [0.25, 0.3) is 0 Å². The van der Waals surface area contributed by atoms with Crippen molar-refractivity contribution in [3.8, 4) is 0 Å². The normalized spacial score (nSPS) is 13.4. The van der Waals surface area contributed by atoms with Gasteiger partial charge in [-0.15, -0.1) is 0 Å². The van der Waals surface area contributed by atoms with Gasteiger partial charge < -0.3 is 11.1 Å². The van der Waals surface area contributed by atoms with Crippen molar-refractivity contribution in [3.05, 3.63) is 83.9 Å². The molecule has 0 radical (unpaired) electrons. The Labute approximate surface area is 142 Å². The first-order valence-corrected chi connectivity index (χ1v) is 8.22. The predicted molar refractivity (Wildman–Crippen MR) is 98.6 cm³/mol. The highest BCUT2D eigenvalue weighted by Gasteiger charge is 2.17. The molecule has 3 heteroatoms. The molecule has 0 aliphatic rings. The van der Waals surface area contributed by atoms with Gasteiger partial charge in [-0.3, -0.25) is 4.79 Å². The molecule has 3 nitrogen and oxygen atoms in total. The van der Waals surface area contributed by atoms with E-state index in [1.165, 1.54) is 10.8 Å². The van der Waals surface area contributed by atoms with Crippen molar-refractivity contribution in [1.29, 1.82) is 0 Å². The zero-order valence-electron chi connectivity index (χ0n) is 13.8. The van der Waals surface area contributed by atoms with Gasteiger partial charge in [0.15, 0.2) is 0 Å². The molecule has 3 aromatic carbocycles. The Kier molecular flexibility index (Phi) is 4.92. The molecule has 3 aromatic rings. The summed E-state index contributed by atoms with van der Waals surface area (Å²) in [6.45, 7) is 1.97. The Morgan fingerprint density at radius 3 is 2.38 bits per heavy atom. The van der Waals surface area contributed by atoms with E-state index in [1.54, 1.807) is 0 Å². The first-order chi connectivity index (χ1) is 11.6. The van der Waals surface area contributed by atoms with Crippen molar-refractivity contribution < 1.29 is 4.79 Å². The van der Waals surface area contributed by atoms with Crippen LogP contribution < -0.4 is 11.1 Å². The maximum Gasteiger partial charge on any atom is 0.237 e. The number of nitrogens with two attached hydrogens (primary N) is 1. The number of carbonyl (C=O) groups is 1. The molecular formula is C21H22N2O. The Morgan fingerprint density at radius 2 is 1.62 bits per heavy atom. The minimum atomic E-state index is -0.558. The van der Waals surface area contributed by atoms with E-state index in [9.17, 15) is 4.79 Å². The average Bonchev–Trinajstić information content (AvgIpc) is 2.62. The standard InChI is InChI=1S/C21H22N2O/c1-15(17-7-3-2-4-8-17)23-21(24)20(22)14-16-11-12-18-9-5-6-10-19(18)13-16/h2-13,15,20H,14,22H2,1H3,(H,23,24)/t15-,20-/m0/s1. The molecule has 0 saturated carbocycles. The Morgan fingerprint density at radius 1 is 0.958 bits per heavy atom. The van der Waals surface area contributed by atoms with Gasteiger partial charge in [-0.25, -0.2) is 0 Å². The van der Waals surface area contributed by atoms with Crippen LogP contribution in [0.2, 0.25) is 0 Å². The molecule has 3 rings (SSSR count). The highest BCUT2D eigenvalue weighted by molar-refractivity contribution is 5.84. The second kappa shape index (κ2) is 7.28. The van der Waals surface area contributed by atoms with Crippen LogP contribution in [0.4, 0.5) is 0 Å². The molecule has 0 aromatic heterocycles. The van der Waals surface area contributed by atoms with Crippen LogP contribution in [-0.4, -0.2) is 11.9 Å². The van der Waals surface area contributed by atoms with E-state index in [-0.39, 0.29) is 11.9 Å². The lowest BCUT2D eigenvalue weighted by molar-refractivity contribution is -0.123. The van der Waals surface area contributed by atoms with Gasteiger partial charge in [0, 0.05) is 0 Å². The van der Waals surface area contributed by atoms with E-state index in [0.29, 0.717) is 6.42 Å². The molecule has 0 saturated heterocycles. The van der Waals surface area contributed by atoms with Crippen molar-refractivity contribution >= 4 is 16.7 Å². The molecule has 24 heavy (non-hydrogen) atoms. The van der Waals surface area contributed by atoms with Gasteiger partial charge in [0.2, 0.25) is 5.91 Å². The van der Waals surface area contributed by atoms with Crippen LogP contribution in [0.25, 0.3) is 10.8 Å². The fourth-order valence-corrected chi connectivity index (χ4v) is 2.86. The summed E-state index contributed by atoms with van der Waals surface area (Å²) >= 11 is 0. The number of hydrogen-bond donors (Lipinski definition) is 2. The number of hydrogen-bond acceptors (Lipinski definition) is 2. The van der Waals surface area contributed by atoms with Crippen LogP contribution >= 0.6 is 0 Å². The first-order valence-electron chi connectivity index (χ1n) is 8.22. The van der Waals surface area contributed by atoms with E-state index in [4.69, 9.17) is 5.73 Å². The minimum absolute atomic E-state index is 0.0543. The molecular weight excluding hydrogens is 296 g/mol. The Hall–Kier alpha value is -2.65. The molecule has 0 aliphatic carbocycles. The number of carbonyl (C=O) groups excluding carboxylic acids is 1. The van der Waals surface area contributed by atoms with Crippen LogP contribution in [0.3, 0.4) is 0 Å². The summed E-state index contributed by atoms with van der Waals surface area (Å²) in [6, 6.07) is 23.7. The second-order valence-corrected chi connectivity index (χ2v) is 6.13. The maximum atomic E-state index is 12.4. The number of benzene rings is 3. The van der Waals surface area contributed by atoms with Crippen molar-refractivity contribution in [3.63, 3.8) is 0 Å². The molecule has 122 valence electrons. The monoisotopic (exact) mass is 318 g/mol. The van der Waals surface area contributed by atoms with Crippen LogP contribution in [0.1, 0.15) is 24.1 Å². The lowest BCUT2D eigenvalue weighted by Gasteiger charge is -2.18. The summed E-state index contributed by atoms with van der Waals surface area (Å²) in [5.41, 5.74) is 8.25. The van der Waals surface area contributed by atoms with Gasteiger partial charge in [0.05, 0.1) is 12.1 Å². The molecule has 0 bridgehead atoms. The van der Waals surface area contributed by atoms with Gasteiger partial charge in [-0.1, -0.05) is 72.8 Å². The predicted octanol–water partition coefficient (Wildman–Crippen LogP) is 3.59. The summed E-state index contributed by atoms with van der Waals surface area (Å²) in [5, 5.41) is 5.35. The van der Waals surface area contributed by atoms with E-state index in [2.05, 4.69) is 29.6 Å². The van der Waals surface area contributed by atoms with Crippen molar-refractivity contribution in [2.75, 3.05) is 0 Å². The summed E-state index contributed by atoms with van der Waals surface area (Å²) in [7, 11) is 0. The fraction of sp³-hybridized carbons (Fsp3) is 0.190. The third kappa shape index (κ3) is 3.81. The number of fused-ring (bicyclic) bond motifs is 1. The summed E-state index contributed by atoms with van der Waals surface area (Å²) < 4.78 is 0. The third-order valence-corrected chi connectivity index (χ3v) is 4.26. The molecule has 2 atom stereocenters. The lowest BCUT2D eigenvalue weighted by atomic mass is 10.0. The molecule has 0 unspecified atom stereocenters. The molecule has 0 fully saturated rings. The van der Waals surface area contributed by atoms with Gasteiger partial charge in [-0.05, 0) is 35.2 Å². The summed E-state index contributed by atoms with van der Waals surface area (Å²) in [5.74, 6) is -0.125. The SMILES string of the molecule is C[C@H](NC(=O)[C@@H](N)Cc1ccc2ccccc2c1)c1ccccc1. The highest BCUT2D eigenvalue weighted by atomic mass is 16.2. The Balaban J connectivity index is 1.64. The van der Waals surface area contributed by atoms with Gasteiger partial charge in [0.1, 0.15) is 0 Å². The second-order valence-electron chi connectivity index (χ2n) is 6.13. The van der Waals surface area contributed by atoms with E-state index < -0.39 is 6.04 Å². The number of amides is 1. The smallest absolute Gasteiger partial charge is 0.237 e. The summed E-state index contributed by atoms with van der Waals surface area (Å²) in [4.78, 5) is 12.4. The number of rotatable bonds is 5. The Bertz CT molecular complexity index is 829. The van der Waals surface area contributed by atoms with Crippen LogP contribution in [-0.2, 0) is 11.2 Å². The van der Waals surface area contributed by atoms with E-state index in [1.807, 2.05) is 55.5 Å². The van der Waals surface area contributed by atoms with Gasteiger partial charge >= 0.3 is 0 Å². The zero-order valence-corrected chi connectivity index (χ0v) is 13.8. The average molecular weight is 318 g/mol. The van der Waals surface area contributed by atoms with Crippen LogP contribution in [0, 0.1) is 0 Å². The quantitative estimate of drug-likeness (QED) is 0.755. The third-order valence-electron chi connectivity index (χ3n) is 4.26. The van der Waals surface area contributed by atoms with Crippen molar-refractivity contribution in [2.24, 2.45) is 5.73 Å². The fourth-order valence-electron chi connectivity index (χ4n) is 2.86. The molecule has 3 N–H and O–H groups in total. The minimum Gasteiger partial charge on any atom is -0.348 e. The van der Waals surface area contributed by atoms with Crippen LogP contribution in [0.5, 0.6) is 0 Å².